The van der Waals surface area contributed by atoms with Crippen molar-refractivity contribution < 1.29 is 9.50 Å². The molecule has 0 amide bonds. The number of nitrogens with zero attached hydrogens (tertiary/aromatic N) is 1. The summed E-state index contributed by atoms with van der Waals surface area (Å²) in [7, 11) is 0. The van der Waals surface area contributed by atoms with E-state index in [1.165, 1.54) is 23.9 Å². The molecule has 4 nitrogen and oxygen atoms in total. The molecule has 0 radical (unpaired) electrons. The van der Waals surface area contributed by atoms with Crippen molar-refractivity contribution in [1.29, 1.82) is 0 Å². The molecular weight excluding hydrogens is 323 g/mol. The Hall–Kier alpha value is -1.34. The van der Waals surface area contributed by atoms with Crippen LogP contribution in [0.4, 0.5) is 4.39 Å². The van der Waals surface area contributed by atoms with Crippen molar-refractivity contribution in [1.82, 2.24) is 9.97 Å². The molecule has 1 heterocycles. The molecule has 2 N–H and O–H groups in total. The highest BCUT2D eigenvalue weighted by atomic mass is 79.9. The SMILES string of the molecule is O=c1[nH]c(CSc2cccc(F)c2)nc(O)c1Br. The number of hydrogen-bond donors (Lipinski definition) is 2. The number of nitrogens with one attached hydrogen (secondary N) is 1. The van der Waals surface area contributed by atoms with Gasteiger partial charge < -0.3 is 10.1 Å². The van der Waals surface area contributed by atoms with Gasteiger partial charge in [-0.1, -0.05) is 6.07 Å². The van der Waals surface area contributed by atoms with Crippen LogP contribution in [0.1, 0.15) is 5.82 Å². The topological polar surface area (TPSA) is 66.0 Å². The normalized spacial score (nSPS) is 10.6. The van der Waals surface area contributed by atoms with Gasteiger partial charge in [0, 0.05) is 4.90 Å². The van der Waals surface area contributed by atoms with Gasteiger partial charge in [0.25, 0.3) is 5.56 Å². The predicted octanol–water partition coefficient (Wildman–Crippen LogP) is 2.67. The Kier molecular flexibility index (Phi) is 4.03. The summed E-state index contributed by atoms with van der Waals surface area (Å²) in [6.07, 6.45) is 0. The van der Waals surface area contributed by atoms with Crippen LogP contribution in [0.15, 0.2) is 38.4 Å². The highest BCUT2D eigenvalue weighted by Crippen LogP contribution is 2.23. The molecule has 18 heavy (non-hydrogen) atoms. The molecule has 0 saturated heterocycles. The molecule has 0 saturated carbocycles. The Balaban J connectivity index is 2.14. The van der Waals surface area contributed by atoms with E-state index in [4.69, 9.17) is 0 Å². The second kappa shape index (κ2) is 5.53. The molecule has 2 aromatic rings. The molecule has 0 spiro atoms. The highest BCUT2D eigenvalue weighted by Gasteiger charge is 2.07. The predicted molar refractivity (Wildman–Crippen MR) is 70.2 cm³/mol. The zero-order valence-electron chi connectivity index (χ0n) is 8.98. The van der Waals surface area contributed by atoms with Crippen LogP contribution in [0.5, 0.6) is 5.88 Å². The van der Waals surface area contributed by atoms with Crippen molar-refractivity contribution in [2.75, 3.05) is 0 Å². The smallest absolute Gasteiger partial charge is 0.269 e. The quantitative estimate of drug-likeness (QED) is 0.849. The second-order valence-electron chi connectivity index (χ2n) is 3.40. The molecule has 1 aromatic heterocycles. The number of thioether (sulfide) groups is 1. The third-order valence-corrected chi connectivity index (χ3v) is 3.79. The maximum Gasteiger partial charge on any atom is 0.269 e. The lowest BCUT2D eigenvalue weighted by atomic mass is 10.4. The van der Waals surface area contributed by atoms with Crippen molar-refractivity contribution >= 4 is 27.7 Å². The number of rotatable bonds is 3. The van der Waals surface area contributed by atoms with Crippen molar-refractivity contribution in [3.63, 3.8) is 0 Å². The molecule has 0 unspecified atom stereocenters. The van der Waals surface area contributed by atoms with Gasteiger partial charge in [-0.2, -0.15) is 4.98 Å². The highest BCUT2D eigenvalue weighted by molar-refractivity contribution is 9.10. The number of hydrogen-bond acceptors (Lipinski definition) is 4. The van der Waals surface area contributed by atoms with Crippen LogP contribution < -0.4 is 5.56 Å². The first-order chi connectivity index (χ1) is 8.56. The summed E-state index contributed by atoms with van der Waals surface area (Å²) >= 11 is 4.22. The van der Waals surface area contributed by atoms with Crippen LogP contribution in [0, 0.1) is 5.82 Å². The van der Waals surface area contributed by atoms with Gasteiger partial charge in [0.2, 0.25) is 5.88 Å². The standard InChI is InChI=1S/C11H8BrFN2O2S/c12-9-10(16)14-8(15-11(9)17)5-18-7-3-1-2-6(13)4-7/h1-4H,5H2,(H2,14,15,16,17). The van der Waals surface area contributed by atoms with Gasteiger partial charge in [0.1, 0.15) is 16.1 Å². The molecule has 0 aliphatic carbocycles. The van der Waals surface area contributed by atoms with E-state index in [0.29, 0.717) is 11.6 Å². The molecule has 94 valence electrons. The molecule has 0 aliphatic rings. The summed E-state index contributed by atoms with van der Waals surface area (Å²) in [4.78, 5) is 18.4. The maximum atomic E-state index is 12.9. The van der Waals surface area contributed by atoms with Gasteiger partial charge in [-0.3, -0.25) is 4.79 Å². The van der Waals surface area contributed by atoms with E-state index in [2.05, 4.69) is 25.9 Å². The molecule has 0 atom stereocenters. The van der Waals surface area contributed by atoms with Crippen LogP contribution in [0.2, 0.25) is 0 Å². The van der Waals surface area contributed by atoms with E-state index in [1.54, 1.807) is 12.1 Å². The lowest BCUT2D eigenvalue weighted by Gasteiger charge is -2.03. The van der Waals surface area contributed by atoms with Crippen molar-refractivity contribution in [2.24, 2.45) is 0 Å². The van der Waals surface area contributed by atoms with Gasteiger partial charge in [-0.25, -0.2) is 4.39 Å². The fraction of sp³-hybridized carbons (Fsp3) is 0.0909. The average Bonchev–Trinajstić information content (AvgIpc) is 2.33. The van der Waals surface area contributed by atoms with E-state index >= 15 is 0 Å². The lowest BCUT2D eigenvalue weighted by molar-refractivity contribution is 0.444. The Morgan fingerprint density at radius 2 is 2.28 bits per heavy atom. The Morgan fingerprint density at radius 1 is 1.50 bits per heavy atom. The maximum absolute atomic E-state index is 12.9. The first kappa shape index (κ1) is 13.1. The number of aromatic hydroxyl groups is 1. The Morgan fingerprint density at radius 3 is 2.94 bits per heavy atom. The van der Waals surface area contributed by atoms with Gasteiger partial charge in [-0.15, -0.1) is 11.8 Å². The minimum absolute atomic E-state index is 0.00186. The van der Waals surface area contributed by atoms with E-state index in [-0.39, 0.29) is 16.2 Å². The first-order valence-electron chi connectivity index (χ1n) is 4.92. The number of benzene rings is 1. The van der Waals surface area contributed by atoms with Gasteiger partial charge in [0.05, 0.1) is 5.75 Å². The Labute approximate surface area is 114 Å². The summed E-state index contributed by atoms with van der Waals surface area (Å²) in [6, 6.07) is 6.11. The summed E-state index contributed by atoms with van der Waals surface area (Å²) < 4.78 is 12.9. The average molecular weight is 331 g/mol. The van der Waals surface area contributed by atoms with E-state index in [0.717, 1.165) is 4.90 Å². The molecule has 7 heteroatoms. The zero-order chi connectivity index (χ0) is 13.1. The van der Waals surface area contributed by atoms with Crippen molar-refractivity contribution in [3.05, 3.63) is 50.7 Å². The molecular formula is C11H8BrFN2O2S. The molecule has 1 aromatic carbocycles. The largest absolute Gasteiger partial charge is 0.492 e. The fourth-order valence-electron chi connectivity index (χ4n) is 1.27. The number of aromatic nitrogens is 2. The van der Waals surface area contributed by atoms with Crippen molar-refractivity contribution in [2.45, 2.75) is 10.6 Å². The molecule has 0 fully saturated rings. The van der Waals surface area contributed by atoms with Gasteiger partial charge in [-0.05, 0) is 34.1 Å². The molecule has 0 bridgehead atoms. The van der Waals surface area contributed by atoms with Crippen LogP contribution in [-0.4, -0.2) is 15.1 Å². The minimum Gasteiger partial charge on any atom is -0.492 e. The lowest BCUT2D eigenvalue weighted by Crippen LogP contribution is -2.11. The summed E-state index contributed by atoms with van der Waals surface area (Å²) in [5.74, 6) is -0.0110. The zero-order valence-corrected chi connectivity index (χ0v) is 11.4. The summed E-state index contributed by atoms with van der Waals surface area (Å²) in [5.41, 5.74) is -0.447. The van der Waals surface area contributed by atoms with E-state index in [9.17, 15) is 14.3 Å². The van der Waals surface area contributed by atoms with Crippen LogP contribution in [0.25, 0.3) is 0 Å². The first-order valence-corrected chi connectivity index (χ1v) is 6.70. The minimum atomic E-state index is -0.447. The summed E-state index contributed by atoms with van der Waals surface area (Å²) in [5, 5.41) is 9.37. The van der Waals surface area contributed by atoms with E-state index < -0.39 is 5.56 Å². The Bertz CT molecular complexity index is 633. The van der Waals surface area contributed by atoms with Gasteiger partial charge in [0.15, 0.2) is 0 Å². The third-order valence-electron chi connectivity index (χ3n) is 2.07. The number of halogens is 2. The fourth-order valence-corrected chi connectivity index (χ4v) is 2.27. The number of aromatic amines is 1. The summed E-state index contributed by atoms with van der Waals surface area (Å²) in [6.45, 7) is 0. The van der Waals surface area contributed by atoms with Crippen molar-refractivity contribution in [3.8, 4) is 5.88 Å². The van der Waals surface area contributed by atoms with Crippen LogP contribution >= 0.6 is 27.7 Å². The van der Waals surface area contributed by atoms with Crippen LogP contribution in [0.3, 0.4) is 0 Å². The van der Waals surface area contributed by atoms with Crippen LogP contribution in [-0.2, 0) is 5.75 Å². The van der Waals surface area contributed by atoms with Gasteiger partial charge >= 0.3 is 0 Å². The van der Waals surface area contributed by atoms with E-state index in [1.807, 2.05) is 0 Å². The molecule has 2 rings (SSSR count). The molecule has 0 aliphatic heterocycles. The third kappa shape index (κ3) is 3.11. The second-order valence-corrected chi connectivity index (χ2v) is 5.24. The monoisotopic (exact) mass is 330 g/mol. The number of H-pyrrole nitrogens is 1.